The van der Waals surface area contributed by atoms with Crippen LogP contribution in [0.2, 0.25) is 5.02 Å². The molecule has 0 heterocycles. The molecule has 0 aromatic heterocycles. The summed E-state index contributed by atoms with van der Waals surface area (Å²) < 4.78 is 0. The molecule has 2 aromatic rings. The number of hydrogen-bond acceptors (Lipinski definition) is 1. The molecule has 0 spiro atoms. The van der Waals surface area contributed by atoms with Crippen molar-refractivity contribution in [3.8, 4) is 0 Å². The molecule has 2 rings (SSSR count). The third kappa shape index (κ3) is 4.80. The summed E-state index contributed by atoms with van der Waals surface area (Å²) in [6.07, 6.45) is 1.70. The van der Waals surface area contributed by atoms with Crippen LogP contribution in [0.1, 0.15) is 18.1 Å². The van der Waals surface area contributed by atoms with Crippen LogP contribution in [0.25, 0.3) is 0 Å². The average molecular weight is 303 g/mol. The Labute approximate surface area is 130 Å². The van der Waals surface area contributed by atoms with Crippen LogP contribution in [0, 0.1) is 0 Å². The molecule has 110 valence electrons. The summed E-state index contributed by atoms with van der Waals surface area (Å²) in [5.41, 5.74) is 3.08. The van der Waals surface area contributed by atoms with Crippen molar-refractivity contribution >= 4 is 23.3 Å². The average Bonchev–Trinajstić information content (AvgIpc) is 2.50. The molecule has 2 aromatic carbocycles. The Morgan fingerprint density at radius 2 is 1.81 bits per heavy atom. The first kappa shape index (κ1) is 15.4. The summed E-state index contributed by atoms with van der Waals surface area (Å²) in [4.78, 5) is 11.8. The summed E-state index contributed by atoms with van der Waals surface area (Å²) in [5.74, 6) is 0. The van der Waals surface area contributed by atoms with E-state index in [0.29, 0.717) is 13.0 Å². The molecule has 21 heavy (non-hydrogen) atoms. The van der Waals surface area contributed by atoms with Crippen molar-refractivity contribution in [2.45, 2.75) is 19.8 Å². The van der Waals surface area contributed by atoms with Crippen molar-refractivity contribution in [1.29, 1.82) is 0 Å². The fourth-order valence-electron chi connectivity index (χ4n) is 2.01. The Balaban J connectivity index is 1.78. The fourth-order valence-corrected chi connectivity index (χ4v) is 2.24. The normalized spacial score (nSPS) is 10.2. The molecule has 0 aliphatic heterocycles. The van der Waals surface area contributed by atoms with E-state index in [-0.39, 0.29) is 6.03 Å². The topological polar surface area (TPSA) is 41.1 Å². The molecule has 0 unspecified atom stereocenters. The number of nitrogens with one attached hydrogen (secondary N) is 2. The number of aryl methyl sites for hydroxylation is 1. The highest BCUT2D eigenvalue weighted by molar-refractivity contribution is 6.31. The van der Waals surface area contributed by atoms with Crippen molar-refractivity contribution in [3.63, 3.8) is 0 Å². The molecular formula is C17H19ClN2O. The standard InChI is InChI=1S/C17H19ClN2O/c1-2-13-7-9-15(10-8-13)20-17(21)19-12-11-14-5-3-4-6-16(14)18/h3-10H,2,11-12H2,1H3,(H2,19,20,21). The maximum Gasteiger partial charge on any atom is 0.319 e. The zero-order valence-corrected chi connectivity index (χ0v) is 12.8. The second-order valence-electron chi connectivity index (χ2n) is 4.77. The van der Waals surface area contributed by atoms with E-state index in [1.54, 1.807) is 0 Å². The molecule has 4 heteroatoms. The van der Waals surface area contributed by atoms with E-state index in [9.17, 15) is 4.79 Å². The maximum absolute atomic E-state index is 11.8. The minimum Gasteiger partial charge on any atom is -0.338 e. The van der Waals surface area contributed by atoms with Gasteiger partial charge in [0.25, 0.3) is 0 Å². The van der Waals surface area contributed by atoms with Crippen molar-refractivity contribution in [2.24, 2.45) is 0 Å². The number of amides is 2. The highest BCUT2D eigenvalue weighted by Gasteiger charge is 2.03. The number of hydrogen-bond donors (Lipinski definition) is 2. The van der Waals surface area contributed by atoms with Gasteiger partial charge in [-0.05, 0) is 42.2 Å². The summed E-state index contributed by atoms with van der Waals surface area (Å²) in [5, 5.41) is 6.37. The summed E-state index contributed by atoms with van der Waals surface area (Å²) in [6, 6.07) is 15.3. The molecule has 0 aliphatic rings. The first-order chi connectivity index (χ1) is 10.2. The van der Waals surface area contributed by atoms with Gasteiger partial charge >= 0.3 is 6.03 Å². The van der Waals surface area contributed by atoms with Crippen LogP contribution < -0.4 is 10.6 Å². The van der Waals surface area contributed by atoms with Crippen LogP contribution in [0.15, 0.2) is 48.5 Å². The van der Waals surface area contributed by atoms with E-state index >= 15 is 0 Å². The van der Waals surface area contributed by atoms with E-state index in [1.807, 2.05) is 48.5 Å². The van der Waals surface area contributed by atoms with Gasteiger partial charge in [0.1, 0.15) is 0 Å². The van der Waals surface area contributed by atoms with Crippen molar-refractivity contribution in [3.05, 3.63) is 64.7 Å². The molecule has 0 atom stereocenters. The van der Waals surface area contributed by atoms with Gasteiger partial charge < -0.3 is 10.6 Å². The Morgan fingerprint density at radius 3 is 2.48 bits per heavy atom. The van der Waals surface area contributed by atoms with Gasteiger partial charge in [-0.15, -0.1) is 0 Å². The Hall–Kier alpha value is -2.00. The molecule has 0 bridgehead atoms. The van der Waals surface area contributed by atoms with E-state index in [0.717, 1.165) is 22.7 Å². The summed E-state index contributed by atoms with van der Waals surface area (Å²) >= 11 is 6.07. The second-order valence-corrected chi connectivity index (χ2v) is 5.18. The lowest BCUT2D eigenvalue weighted by atomic mass is 10.1. The Kier molecular flexibility index (Phi) is 5.64. The molecule has 0 saturated heterocycles. The van der Waals surface area contributed by atoms with E-state index < -0.39 is 0 Å². The lowest BCUT2D eigenvalue weighted by Gasteiger charge is -2.09. The minimum atomic E-state index is -0.202. The number of rotatable bonds is 5. The third-order valence-electron chi connectivity index (χ3n) is 3.26. The molecule has 2 amide bonds. The third-order valence-corrected chi connectivity index (χ3v) is 3.63. The van der Waals surface area contributed by atoms with Gasteiger partial charge in [-0.2, -0.15) is 0 Å². The fraction of sp³-hybridized carbons (Fsp3) is 0.235. The van der Waals surface area contributed by atoms with Gasteiger partial charge in [0.05, 0.1) is 0 Å². The zero-order valence-electron chi connectivity index (χ0n) is 12.0. The first-order valence-corrected chi connectivity index (χ1v) is 7.44. The van der Waals surface area contributed by atoms with Gasteiger partial charge in [0, 0.05) is 17.3 Å². The molecular weight excluding hydrogens is 284 g/mol. The maximum atomic E-state index is 11.8. The van der Waals surface area contributed by atoms with Crippen molar-refractivity contribution in [1.82, 2.24) is 5.32 Å². The highest BCUT2D eigenvalue weighted by atomic mass is 35.5. The number of carbonyl (C=O) groups excluding carboxylic acids is 1. The first-order valence-electron chi connectivity index (χ1n) is 7.06. The van der Waals surface area contributed by atoms with E-state index in [2.05, 4.69) is 17.6 Å². The predicted octanol–water partition coefficient (Wildman–Crippen LogP) is 4.27. The van der Waals surface area contributed by atoms with Crippen LogP contribution in [0.4, 0.5) is 10.5 Å². The Morgan fingerprint density at radius 1 is 1.10 bits per heavy atom. The second kappa shape index (κ2) is 7.70. The summed E-state index contributed by atoms with van der Waals surface area (Å²) in [7, 11) is 0. The molecule has 0 radical (unpaired) electrons. The van der Waals surface area contributed by atoms with E-state index in [4.69, 9.17) is 11.6 Å². The largest absolute Gasteiger partial charge is 0.338 e. The van der Waals surface area contributed by atoms with Crippen LogP contribution in [-0.4, -0.2) is 12.6 Å². The number of carbonyl (C=O) groups is 1. The van der Waals surface area contributed by atoms with Crippen LogP contribution in [0.5, 0.6) is 0 Å². The van der Waals surface area contributed by atoms with Crippen LogP contribution in [-0.2, 0) is 12.8 Å². The van der Waals surface area contributed by atoms with Crippen molar-refractivity contribution in [2.75, 3.05) is 11.9 Å². The SMILES string of the molecule is CCc1ccc(NC(=O)NCCc2ccccc2Cl)cc1. The Bertz CT molecular complexity index is 596. The van der Waals surface area contributed by atoms with Crippen LogP contribution in [0.3, 0.4) is 0 Å². The number of halogens is 1. The van der Waals surface area contributed by atoms with Gasteiger partial charge in [-0.1, -0.05) is 48.9 Å². The lowest BCUT2D eigenvalue weighted by molar-refractivity contribution is 0.252. The predicted molar refractivity (Wildman–Crippen MR) is 88.0 cm³/mol. The van der Waals surface area contributed by atoms with Gasteiger partial charge in [0.15, 0.2) is 0 Å². The number of benzene rings is 2. The molecule has 2 N–H and O–H groups in total. The molecule has 3 nitrogen and oxygen atoms in total. The van der Waals surface area contributed by atoms with Gasteiger partial charge in [-0.3, -0.25) is 0 Å². The molecule has 0 saturated carbocycles. The smallest absolute Gasteiger partial charge is 0.319 e. The highest BCUT2D eigenvalue weighted by Crippen LogP contribution is 2.15. The number of urea groups is 1. The zero-order chi connectivity index (χ0) is 15.1. The molecule has 0 fully saturated rings. The number of anilines is 1. The van der Waals surface area contributed by atoms with Gasteiger partial charge in [0.2, 0.25) is 0 Å². The molecule has 0 aliphatic carbocycles. The van der Waals surface area contributed by atoms with Crippen molar-refractivity contribution < 1.29 is 4.79 Å². The minimum absolute atomic E-state index is 0.202. The van der Waals surface area contributed by atoms with Gasteiger partial charge in [-0.25, -0.2) is 4.79 Å². The van der Waals surface area contributed by atoms with Crippen LogP contribution >= 0.6 is 11.6 Å². The summed E-state index contributed by atoms with van der Waals surface area (Å²) in [6.45, 7) is 2.65. The monoisotopic (exact) mass is 302 g/mol. The lowest BCUT2D eigenvalue weighted by Crippen LogP contribution is -2.30. The quantitative estimate of drug-likeness (QED) is 0.851. The van der Waals surface area contributed by atoms with E-state index in [1.165, 1.54) is 5.56 Å².